The molecule has 1 fully saturated rings. The Bertz CT molecular complexity index is 1360. The Balaban J connectivity index is 1.38. The van der Waals surface area contributed by atoms with Gasteiger partial charge in [-0.1, -0.05) is 6.07 Å². The van der Waals surface area contributed by atoms with Crippen LogP contribution < -0.4 is 10.2 Å². The molecule has 1 saturated heterocycles. The average molecular weight is 460 g/mol. The zero-order valence-electron chi connectivity index (χ0n) is 19.0. The van der Waals surface area contributed by atoms with Crippen molar-refractivity contribution < 1.29 is 9.50 Å². The summed E-state index contributed by atoms with van der Waals surface area (Å²) in [5.74, 6) is -0.402. The molecule has 0 amide bonds. The van der Waals surface area contributed by atoms with E-state index in [4.69, 9.17) is 0 Å². The molecule has 5 rings (SSSR count). The number of aliphatic hydroxyl groups is 1. The number of hydrogen-bond donors (Lipinski definition) is 3. The molecule has 1 aromatic carbocycles. The molecule has 1 aliphatic heterocycles. The van der Waals surface area contributed by atoms with Gasteiger partial charge in [0.2, 0.25) is 0 Å². The summed E-state index contributed by atoms with van der Waals surface area (Å²) in [4.78, 5) is 9.35. The molecule has 174 valence electrons. The molecule has 9 heteroatoms. The number of pyridine rings is 1. The minimum Gasteiger partial charge on any atom is -0.374 e. The Labute approximate surface area is 196 Å². The molecule has 0 radical (unpaired) electrons. The van der Waals surface area contributed by atoms with Gasteiger partial charge in [0, 0.05) is 48.7 Å². The number of aliphatic hydroxyl groups excluding tert-OH is 1. The van der Waals surface area contributed by atoms with E-state index in [9.17, 15) is 14.8 Å². The zero-order chi connectivity index (χ0) is 23.9. The van der Waals surface area contributed by atoms with Crippen molar-refractivity contribution in [3.63, 3.8) is 0 Å². The van der Waals surface area contributed by atoms with E-state index < -0.39 is 17.6 Å². The Hall–Kier alpha value is -3.74. The Kier molecular flexibility index (Phi) is 5.55. The van der Waals surface area contributed by atoms with Crippen molar-refractivity contribution in [3.8, 4) is 17.2 Å². The van der Waals surface area contributed by atoms with Gasteiger partial charge in [0.15, 0.2) is 0 Å². The largest absolute Gasteiger partial charge is 0.374 e. The number of anilines is 1. The number of H-pyrrole nitrogens is 1. The third-order valence-corrected chi connectivity index (χ3v) is 6.34. The Morgan fingerprint density at radius 1 is 1.29 bits per heavy atom. The molecule has 4 heterocycles. The summed E-state index contributed by atoms with van der Waals surface area (Å²) in [6.07, 6.45) is 6.68. The van der Waals surface area contributed by atoms with Crippen LogP contribution >= 0.6 is 0 Å². The number of halogens is 1. The summed E-state index contributed by atoms with van der Waals surface area (Å²) in [5, 5.41) is 28.3. The van der Waals surface area contributed by atoms with E-state index in [1.54, 1.807) is 24.5 Å². The van der Waals surface area contributed by atoms with Crippen LogP contribution in [0.4, 0.5) is 10.1 Å². The van der Waals surface area contributed by atoms with Crippen LogP contribution in [0.15, 0.2) is 55.1 Å². The normalized spacial score (nSPS) is 15.9. The van der Waals surface area contributed by atoms with Crippen molar-refractivity contribution in [2.45, 2.75) is 38.1 Å². The molecule has 0 saturated carbocycles. The predicted molar refractivity (Wildman–Crippen MR) is 127 cm³/mol. The minimum atomic E-state index is -0.931. The SMILES string of the molecule is CC(C)NC(O)c1ccc(N2CC(CC#N)(n3cc(-c4ccnc5[nH]ccc45)cn3)C2)c(F)c1. The van der Waals surface area contributed by atoms with Crippen molar-refractivity contribution in [1.82, 2.24) is 25.1 Å². The van der Waals surface area contributed by atoms with Gasteiger partial charge in [-0.05, 0) is 49.2 Å². The number of fused-ring (bicyclic) bond motifs is 1. The van der Waals surface area contributed by atoms with Gasteiger partial charge < -0.3 is 15.0 Å². The fourth-order valence-corrected chi connectivity index (χ4v) is 4.62. The molecule has 34 heavy (non-hydrogen) atoms. The zero-order valence-corrected chi connectivity index (χ0v) is 19.0. The maximum Gasteiger partial charge on any atom is 0.146 e. The lowest BCUT2D eigenvalue weighted by Gasteiger charge is -2.50. The van der Waals surface area contributed by atoms with Crippen LogP contribution in [0, 0.1) is 17.1 Å². The van der Waals surface area contributed by atoms with Gasteiger partial charge in [-0.3, -0.25) is 10.00 Å². The number of rotatable bonds is 7. The molecule has 3 aromatic heterocycles. The molecule has 8 nitrogen and oxygen atoms in total. The molecule has 0 bridgehead atoms. The molecule has 1 unspecified atom stereocenters. The maximum absolute atomic E-state index is 14.9. The summed E-state index contributed by atoms with van der Waals surface area (Å²) in [7, 11) is 0. The van der Waals surface area contributed by atoms with Crippen molar-refractivity contribution in [3.05, 3.63) is 66.5 Å². The second-order valence-electron chi connectivity index (χ2n) is 9.12. The summed E-state index contributed by atoms with van der Waals surface area (Å²) in [6, 6.07) is 11.0. The van der Waals surface area contributed by atoms with Crippen LogP contribution in [0.1, 0.15) is 32.1 Å². The summed E-state index contributed by atoms with van der Waals surface area (Å²) in [5.41, 5.74) is 3.13. The van der Waals surface area contributed by atoms with Crippen LogP contribution in [-0.4, -0.2) is 44.0 Å². The highest BCUT2D eigenvalue weighted by molar-refractivity contribution is 5.92. The second kappa shape index (κ2) is 8.56. The molecule has 1 atom stereocenters. The molecular weight excluding hydrogens is 433 g/mol. The molecule has 0 aliphatic carbocycles. The monoisotopic (exact) mass is 459 g/mol. The van der Waals surface area contributed by atoms with Gasteiger partial charge in [0.25, 0.3) is 0 Å². The highest BCUT2D eigenvalue weighted by atomic mass is 19.1. The number of aromatic amines is 1. The van der Waals surface area contributed by atoms with Gasteiger partial charge in [-0.25, -0.2) is 9.37 Å². The first kappa shape index (κ1) is 22.1. The minimum absolute atomic E-state index is 0.0687. The van der Waals surface area contributed by atoms with Crippen molar-refractivity contribution >= 4 is 16.7 Å². The van der Waals surface area contributed by atoms with Gasteiger partial charge in [0.1, 0.15) is 23.2 Å². The number of nitrogens with one attached hydrogen (secondary N) is 2. The Morgan fingerprint density at radius 2 is 2.12 bits per heavy atom. The van der Waals surface area contributed by atoms with Gasteiger partial charge >= 0.3 is 0 Å². The maximum atomic E-state index is 14.9. The lowest BCUT2D eigenvalue weighted by molar-refractivity contribution is 0.128. The first-order chi connectivity index (χ1) is 16.4. The third kappa shape index (κ3) is 3.81. The smallest absolute Gasteiger partial charge is 0.146 e. The van der Waals surface area contributed by atoms with E-state index in [0.717, 1.165) is 22.2 Å². The lowest BCUT2D eigenvalue weighted by Crippen LogP contribution is -2.63. The highest BCUT2D eigenvalue weighted by Crippen LogP contribution is 2.38. The van der Waals surface area contributed by atoms with Crippen molar-refractivity contribution in [2.24, 2.45) is 0 Å². The number of nitriles is 1. The first-order valence-electron chi connectivity index (χ1n) is 11.2. The summed E-state index contributed by atoms with van der Waals surface area (Å²) < 4.78 is 16.8. The average Bonchev–Trinajstić information content (AvgIpc) is 3.45. The number of hydrogen-bond acceptors (Lipinski definition) is 6. The molecule has 4 aromatic rings. The predicted octanol–water partition coefficient (Wildman–Crippen LogP) is 3.68. The first-order valence-corrected chi connectivity index (χ1v) is 11.2. The van der Waals surface area contributed by atoms with Crippen LogP contribution in [0.2, 0.25) is 0 Å². The van der Waals surface area contributed by atoms with E-state index in [1.165, 1.54) is 6.07 Å². The molecule has 1 aliphatic rings. The standard InChI is InChI=1S/C25H26FN7O/c1-16(2)31-24(34)17-3-4-22(21(26)11-17)32-14-25(15-32,7-8-27)33-13-18(12-30-33)19-5-9-28-23-20(19)6-10-29-23/h3-6,9-13,16,24,31,34H,7,14-15H2,1-2H3,(H,28,29). The lowest BCUT2D eigenvalue weighted by atomic mass is 9.86. The number of benzene rings is 1. The quantitative estimate of drug-likeness (QED) is 0.364. The van der Waals surface area contributed by atoms with E-state index >= 15 is 0 Å². The van der Waals surface area contributed by atoms with Gasteiger partial charge in [-0.15, -0.1) is 0 Å². The second-order valence-corrected chi connectivity index (χ2v) is 9.12. The molecule has 3 N–H and O–H groups in total. The van der Waals surface area contributed by atoms with Gasteiger partial charge in [-0.2, -0.15) is 10.4 Å². The number of nitrogens with zero attached hydrogens (tertiary/aromatic N) is 5. The van der Waals surface area contributed by atoms with E-state index in [1.807, 2.05) is 48.0 Å². The van der Waals surface area contributed by atoms with Crippen LogP contribution in [-0.2, 0) is 5.54 Å². The third-order valence-electron chi connectivity index (χ3n) is 6.34. The fraction of sp³-hybridized carbons (Fsp3) is 0.320. The summed E-state index contributed by atoms with van der Waals surface area (Å²) >= 11 is 0. The Morgan fingerprint density at radius 3 is 2.85 bits per heavy atom. The topological polar surface area (TPSA) is 106 Å². The highest BCUT2D eigenvalue weighted by Gasteiger charge is 2.46. The van der Waals surface area contributed by atoms with Gasteiger partial charge in [0.05, 0.1) is 24.4 Å². The van der Waals surface area contributed by atoms with E-state index in [-0.39, 0.29) is 12.5 Å². The van der Waals surface area contributed by atoms with Crippen LogP contribution in [0.3, 0.4) is 0 Å². The van der Waals surface area contributed by atoms with E-state index in [2.05, 4.69) is 26.5 Å². The number of aromatic nitrogens is 4. The van der Waals surface area contributed by atoms with Crippen molar-refractivity contribution in [1.29, 1.82) is 5.26 Å². The van der Waals surface area contributed by atoms with Crippen LogP contribution in [0.25, 0.3) is 22.2 Å². The van der Waals surface area contributed by atoms with Crippen LogP contribution in [0.5, 0.6) is 0 Å². The van der Waals surface area contributed by atoms with E-state index in [0.29, 0.717) is 24.3 Å². The molecule has 0 spiro atoms. The summed E-state index contributed by atoms with van der Waals surface area (Å²) in [6.45, 7) is 4.75. The molecular formula is C25H26FN7O. The van der Waals surface area contributed by atoms with Crippen molar-refractivity contribution in [2.75, 3.05) is 18.0 Å². The fourth-order valence-electron chi connectivity index (χ4n) is 4.62.